The van der Waals surface area contributed by atoms with E-state index in [0.29, 0.717) is 12.2 Å². The molecule has 0 saturated carbocycles. The fourth-order valence-corrected chi connectivity index (χ4v) is 5.05. The lowest BCUT2D eigenvalue weighted by Crippen LogP contribution is -2.57. The fraction of sp³-hybridized carbons (Fsp3) is 0.367. The molecular formula is C30H32O8. The van der Waals surface area contributed by atoms with Crippen molar-refractivity contribution >= 4 is 5.97 Å². The molecule has 0 bridgehead atoms. The van der Waals surface area contributed by atoms with Gasteiger partial charge in [0.15, 0.2) is 11.9 Å². The van der Waals surface area contributed by atoms with Gasteiger partial charge in [0.1, 0.15) is 31.0 Å². The summed E-state index contributed by atoms with van der Waals surface area (Å²) in [6.45, 7) is 0.612. The minimum absolute atomic E-state index is 0.148. The van der Waals surface area contributed by atoms with Gasteiger partial charge < -0.3 is 33.5 Å². The number of methoxy groups -OCH3 is 1. The maximum atomic E-state index is 12.7. The van der Waals surface area contributed by atoms with Gasteiger partial charge in [-0.05, 0) is 23.3 Å². The van der Waals surface area contributed by atoms with Crippen molar-refractivity contribution in [3.63, 3.8) is 0 Å². The van der Waals surface area contributed by atoms with Gasteiger partial charge in [-0.3, -0.25) is 0 Å². The number of aliphatic hydroxyl groups excluding tert-OH is 1. The van der Waals surface area contributed by atoms with Crippen molar-refractivity contribution in [2.45, 2.75) is 49.5 Å². The van der Waals surface area contributed by atoms with Crippen LogP contribution in [0.15, 0.2) is 91.0 Å². The molecule has 2 aliphatic rings. The quantitative estimate of drug-likeness (QED) is 0.384. The predicted molar refractivity (Wildman–Crippen MR) is 137 cm³/mol. The van der Waals surface area contributed by atoms with Gasteiger partial charge in [0.2, 0.25) is 0 Å². The summed E-state index contributed by atoms with van der Waals surface area (Å²) in [5.41, 5.74) is 1.00. The Morgan fingerprint density at radius 2 is 1.45 bits per heavy atom. The molecule has 0 aliphatic carbocycles. The Morgan fingerprint density at radius 3 is 2.08 bits per heavy atom. The van der Waals surface area contributed by atoms with Crippen LogP contribution in [0.2, 0.25) is 0 Å². The first-order valence-electron chi connectivity index (χ1n) is 12.7. The zero-order valence-corrected chi connectivity index (χ0v) is 21.2. The van der Waals surface area contributed by atoms with E-state index in [1.54, 1.807) is 24.3 Å². The van der Waals surface area contributed by atoms with Gasteiger partial charge in [0.05, 0.1) is 25.4 Å². The summed E-state index contributed by atoms with van der Waals surface area (Å²) >= 11 is 0. The summed E-state index contributed by atoms with van der Waals surface area (Å²) in [5, 5.41) is 11.4. The standard InChI is InChI=1S/C30H32O8/c1-33-29-26(31)30(36-18-22-13-7-3-8-14-22)25(20-35-28(32)23-15-9-4-10-16-23)37-24(27(30)38-29)19-34-17-21-11-5-2-6-12-21/h2-16,24-27,29,31H,17-20H2,1H3/t24-,25+,26-,27-,29-,30+/m1/s1. The molecular weight excluding hydrogens is 488 g/mol. The second kappa shape index (κ2) is 12.2. The highest BCUT2D eigenvalue weighted by atomic mass is 16.7. The Kier molecular flexibility index (Phi) is 8.48. The van der Waals surface area contributed by atoms with Gasteiger partial charge >= 0.3 is 5.97 Å². The highest BCUT2D eigenvalue weighted by molar-refractivity contribution is 5.89. The van der Waals surface area contributed by atoms with E-state index in [2.05, 4.69) is 0 Å². The first-order chi connectivity index (χ1) is 18.6. The molecule has 0 aromatic heterocycles. The highest BCUT2D eigenvalue weighted by Gasteiger charge is 2.69. The number of hydrogen-bond donors (Lipinski definition) is 1. The molecule has 1 N–H and O–H groups in total. The number of benzene rings is 3. The summed E-state index contributed by atoms with van der Waals surface area (Å²) < 4.78 is 36.0. The minimum atomic E-state index is -1.35. The van der Waals surface area contributed by atoms with E-state index in [0.717, 1.165) is 11.1 Å². The number of aliphatic hydroxyl groups is 1. The van der Waals surface area contributed by atoms with Crippen LogP contribution < -0.4 is 0 Å². The van der Waals surface area contributed by atoms with Gasteiger partial charge in [-0.25, -0.2) is 4.79 Å². The fourth-order valence-electron chi connectivity index (χ4n) is 5.05. The Hall–Kier alpha value is -3.11. The summed E-state index contributed by atoms with van der Waals surface area (Å²) in [6.07, 6.45) is -4.28. The van der Waals surface area contributed by atoms with Crippen LogP contribution in [0.25, 0.3) is 0 Å². The lowest BCUT2D eigenvalue weighted by atomic mass is 9.86. The Balaban J connectivity index is 1.37. The van der Waals surface area contributed by atoms with Crippen LogP contribution in [0.3, 0.4) is 0 Å². The lowest BCUT2D eigenvalue weighted by molar-refractivity contribution is -0.198. The molecule has 0 amide bonds. The topological polar surface area (TPSA) is 92.7 Å². The lowest BCUT2D eigenvalue weighted by Gasteiger charge is -2.35. The number of fused-ring (bicyclic) bond motifs is 1. The molecule has 0 radical (unpaired) electrons. The van der Waals surface area contributed by atoms with Crippen LogP contribution in [0.4, 0.5) is 0 Å². The molecule has 2 fully saturated rings. The first-order valence-corrected chi connectivity index (χ1v) is 12.7. The minimum Gasteiger partial charge on any atom is -0.459 e. The van der Waals surface area contributed by atoms with Crippen molar-refractivity contribution in [1.82, 2.24) is 0 Å². The van der Waals surface area contributed by atoms with Crippen LogP contribution in [0, 0.1) is 0 Å². The molecule has 200 valence electrons. The first kappa shape index (κ1) is 26.5. The summed E-state index contributed by atoms with van der Waals surface area (Å²) in [5.74, 6) is -0.496. The molecule has 2 aliphatic heterocycles. The van der Waals surface area contributed by atoms with E-state index >= 15 is 0 Å². The zero-order chi connectivity index (χ0) is 26.4. The molecule has 2 saturated heterocycles. The van der Waals surface area contributed by atoms with Gasteiger partial charge in [-0.15, -0.1) is 0 Å². The van der Waals surface area contributed by atoms with Crippen LogP contribution in [-0.2, 0) is 41.6 Å². The van der Waals surface area contributed by atoms with Crippen LogP contribution >= 0.6 is 0 Å². The number of rotatable bonds is 11. The second-order valence-corrected chi connectivity index (χ2v) is 9.36. The van der Waals surface area contributed by atoms with Gasteiger partial charge in [0, 0.05) is 7.11 Å². The van der Waals surface area contributed by atoms with E-state index in [9.17, 15) is 9.90 Å². The van der Waals surface area contributed by atoms with Gasteiger partial charge in [-0.1, -0.05) is 78.9 Å². The number of ether oxygens (including phenoxy) is 6. The van der Waals surface area contributed by atoms with Crippen molar-refractivity contribution in [3.8, 4) is 0 Å². The Labute approximate surface area is 222 Å². The molecule has 3 aromatic rings. The van der Waals surface area contributed by atoms with Crippen LogP contribution in [0.5, 0.6) is 0 Å². The van der Waals surface area contributed by atoms with E-state index in [-0.39, 0.29) is 19.8 Å². The monoisotopic (exact) mass is 520 g/mol. The molecule has 8 nitrogen and oxygen atoms in total. The van der Waals surface area contributed by atoms with Crippen molar-refractivity contribution < 1.29 is 38.3 Å². The van der Waals surface area contributed by atoms with Gasteiger partial charge in [-0.2, -0.15) is 0 Å². The number of carbonyl (C=O) groups is 1. The molecule has 0 unspecified atom stereocenters. The van der Waals surface area contributed by atoms with E-state index in [4.69, 9.17) is 28.4 Å². The average Bonchev–Trinajstić information content (AvgIpc) is 3.43. The van der Waals surface area contributed by atoms with Gasteiger partial charge in [0.25, 0.3) is 0 Å². The smallest absolute Gasteiger partial charge is 0.338 e. The second-order valence-electron chi connectivity index (χ2n) is 9.36. The summed E-state index contributed by atoms with van der Waals surface area (Å²) in [4.78, 5) is 12.7. The average molecular weight is 521 g/mol. The molecule has 6 atom stereocenters. The Bertz CT molecular complexity index is 1160. The van der Waals surface area contributed by atoms with Crippen LogP contribution in [0.1, 0.15) is 21.5 Å². The third kappa shape index (κ3) is 5.51. The van der Waals surface area contributed by atoms with Crippen molar-refractivity contribution in [2.24, 2.45) is 0 Å². The molecule has 2 heterocycles. The van der Waals surface area contributed by atoms with E-state index < -0.39 is 42.3 Å². The third-order valence-corrected chi connectivity index (χ3v) is 6.96. The third-order valence-electron chi connectivity index (χ3n) is 6.96. The summed E-state index contributed by atoms with van der Waals surface area (Å²) in [7, 11) is 1.46. The SMILES string of the molecule is CO[C@@H]1O[C@@H]2[C@@H](COCc3ccccc3)O[C@@H](COC(=O)c3ccccc3)[C@]2(OCc2ccccc2)[C@@H]1O. The molecule has 0 spiro atoms. The van der Waals surface area contributed by atoms with E-state index in [1.807, 2.05) is 66.7 Å². The van der Waals surface area contributed by atoms with Crippen LogP contribution in [-0.4, -0.2) is 67.7 Å². The largest absolute Gasteiger partial charge is 0.459 e. The predicted octanol–water partition coefficient (Wildman–Crippen LogP) is 3.52. The van der Waals surface area contributed by atoms with Crippen molar-refractivity contribution in [1.29, 1.82) is 0 Å². The Morgan fingerprint density at radius 1 is 0.842 bits per heavy atom. The summed E-state index contributed by atoms with van der Waals surface area (Å²) in [6, 6.07) is 28.1. The van der Waals surface area contributed by atoms with E-state index in [1.165, 1.54) is 7.11 Å². The zero-order valence-electron chi connectivity index (χ0n) is 21.2. The molecule has 8 heteroatoms. The maximum absolute atomic E-state index is 12.7. The molecule has 38 heavy (non-hydrogen) atoms. The highest BCUT2D eigenvalue weighted by Crippen LogP contribution is 2.47. The maximum Gasteiger partial charge on any atom is 0.338 e. The van der Waals surface area contributed by atoms with Crippen molar-refractivity contribution in [2.75, 3.05) is 20.3 Å². The number of esters is 1. The molecule has 3 aromatic carbocycles. The number of hydrogen-bond acceptors (Lipinski definition) is 8. The van der Waals surface area contributed by atoms with Crippen molar-refractivity contribution in [3.05, 3.63) is 108 Å². The normalized spacial score (nSPS) is 28.2. The number of carbonyl (C=O) groups excluding carboxylic acids is 1. The molecule has 5 rings (SSSR count).